The van der Waals surface area contributed by atoms with Crippen molar-refractivity contribution in [3.8, 4) is 0 Å². The van der Waals surface area contributed by atoms with E-state index in [2.05, 4.69) is 15.6 Å². The Balaban J connectivity index is 1.54. The van der Waals surface area contributed by atoms with E-state index in [1.54, 1.807) is 11.8 Å². The lowest BCUT2D eigenvalue weighted by atomic mass is 10.3. The number of anilines is 2. The van der Waals surface area contributed by atoms with Crippen LogP contribution in [0.2, 0.25) is 5.02 Å². The van der Waals surface area contributed by atoms with Crippen molar-refractivity contribution in [2.45, 2.75) is 16.3 Å². The minimum atomic E-state index is -0.167. The number of nitrogens with zero attached hydrogens (tertiary/aromatic N) is 2. The Morgan fingerprint density at radius 3 is 2.58 bits per heavy atom. The van der Waals surface area contributed by atoms with Gasteiger partial charge in [-0.3, -0.25) is 4.79 Å². The van der Waals surface area contributed by atoms with E-state index in [0.29, 0.717) is 17.5 Å². The van der Waals surface area contributed by atoms with Crippen molar-refractivity contribution in [1.29, 1.82) is 0 Å². The van der Waals surface area contributed by atoms with E-state index in [-0.39, 0.29) is 19.1 Å². The number of imidazole rings is 1. The van der Waals surface area contributed by atoms with Gasteiger partial charge in [-0.2, -0.15) is 0 Å². The summed E-state index contributed by atoms with van der Waals surface area (Å²) < 4.78 is 1.81. The first-order valence-corrected chi connectivity index (χ1v) is 11.0. The molecule has 6 nitrogen and oxygen atoms in total. The molecule has 0 unspecified atom stereocenters. The predicted molar refractivity (Wildman–Crippen MR) is 126 cm³/mol. The molecule has 31 heavy (non-hydrogen) atoms. The smallest absolute Gasteiger partial charge is 0.244 e. The fourth-order valence-electron chi connectivity index (χ4n) is 3.16. The molecule has 0 atom stereocenters. The summed E-state index contributed by atoms with van der Waals surface area (Å²) in [5.41, 5.74) is 2.37. The number of aromatic nitrogens is 2. The number of fused-ring (bicyclic) bond motifs is 1. The lowest BCUT2D eigenvalue weighted by molar-refractivity contribution is -0.116. The molecule has 3 aromatic carbocycles. The maximum absolute atomic E-state index is 12.9. The van der Waals surface area contributed by atoms with Crippen LogP contribution in [0, 0.1) is 0 Å². The monoisotopic (exact) mass is 452 g/mol. The maximum atomic E-state index is 12.9. The lowest BCUT2D eigenvalue weighted by Gasteiger charge is -2.13. The van der Waals surface area contributed by atoms with E-state index in [0.717, 1.165) is 26.5 Å². The van der Waals surface area contributed by atoms with Gasteiger partial charge < -0.3 is 20.3 Å². The van der Waals surface area contributed by atoms with Crippen LogP contribution in [0.4, 0.5) is 11.6 Å². The molecule has 0 aliphatic rings. The Morgan fingerprint density at radius 1 is 1.03 bits per heavy atom. The number of aliphatic hydroxyl groups is 1. The van der Waals surface area contributed by atoms with Crippen LogP contribution in [0.15, 0.2) is 82.6 Å². The van der Waals surface area contributed by atoms with Crippen LogP contribution in [0.5, 0.6) is 0 Å². The molecule has 0 aliphatic heterocycles. The first-order chi connectivity index (χ1) is 15.1. The topological polar surface area (TPSA) is 79.2 Å². The Morgan fingerprint density at radius 2 is 1.77 bits per heavy atom. The summed E-state index contributed by atoms with van der Waals surface area (Å²) in [5.74, 6) is 0.383. The highest BCUT2D eigenvalue weighted by molar-refractivity contribution is 7.99. The van der Waals surface area contributed by atoms with Crippen molar-refractivity contribution < 1.29 is 9.90 Å². The van der Waals surface area contributed by atoms with E-state index in [4.69, 9.17) is 16.7 Å². The largest absolute Gasteiger partial charge is 0.395 e. The van der Waals surface area contributed by atoms with E-state index in [1.165, 1.54) is 0 Å². The number of hydrogen-bond acceptors (Lipinski definition) is 5. The van der Waals surface area contributed by atoms with Gasteiger partial charge in [-0.15, -0.1) is 0 Å². The highest BCUT2D eigenvalue weighted by atomic mass is 35.5. The zero-order valence-electron chi connectivity index (χ0n) is 16.6. The van der Waals surface area contributed by atoms with Gasteiger partial charge in [-0.25, -0.2) is 4.98 Å². The number of para-hydroxylation sites is 3. The first-order valence-electron chi connectivity index (χ1n) is 9.76. The number of aliphatic hydroxyl groups excluding tert-OH is 1. The van der Waals surface area contributed by atoms with Crippen LogP contribution >= 0.6 is 23.4 Å². The molecule has 1 heterocycles. The van der Waals surface area contributed by atoms with Gasteiger partial charge in [-0.1, -0.05) is 47.6 Å². The van der Waals surface area contributed by atoms with Gasteiger partial charge >= 0.3 is 0 Å². The van der Waals surface area contributed by atoms with Gasteiger partial charge in [0.05, 0.1) is 23.3 Å². The van der Waals surface area contributed by atoms with Crippen LogP contribution < -0.4 is 10.6 Å². The third kappa shape index (κ3) is 5.19. The minimum Gasteiger partial charge on any atom is -0.395 e. The summed E-state index contributed by atoms with van der Waals surface area (Å²) in [6, 6.07) is 22.9. The number of carbonyl (C=O) groups is 1. The SMILES string of the molecule is O=C(Cn1c(NCCO)nc2ccccc21)Nc1ccccc1Sc1ccc(Cl)cc1. The molecule has 1 aromatic heterocycles. The second kappa shape index (κ2) is 9.87. The molecule has 0 saturated heterocycles. The van der Waals surface area contributed by atoms with Crippen LogP contribution in [0.3, 0.4) is 0 Å². The normalized spacial score (nSPS) is 10.9. The number of rotatable bonds is 8. The van der Waals surface area contributed by atoms with Crippen LogP contribution in [0.1, 0.15) is 0 Å². The van der Waals surface area contributed by atoms with Crippen molar-refractivity contribution >= 4 is 51.9 Å². The summed E-state index contributed by atoms with van der Waals surface area (Å²) >= 11 is 7.53. The fourth-order valence-corrected chi connectivity index (χ4v) is 4.19. The molecule has 0 radical (unpaired) electrons. The number of halogens is 1. The van der Waals surface area contributed by atoms with Gasteiger partial charge in [0.1, 0.15) is 6.54 Å². The second-order valence-corrected chi connectivity index (χ2v) is 8.31. The second-order valence-electron chi connectivity index (χ2n) is 6.76. The molecule has 0 spiro atoms. The zero-order chi connectivity index (χ0) is 21.6. The number of nitrogens with one attached hydrogen (secondary N) is 2. The molecule has 4 aromatic rings. The molecule has 0 aliphatic carbocycles. The Hall–Kier alpha value is -3.00. The average Bonchev–Trinajstić information content (AvgIpc) is 3.12. The number of hydrogen-bond donors (Lipinski definition) is 3. The quantitative estimate of drug-likeness (QED) is 0.355. The summed E-state index contributed by atoms with van der Waals surface area (Å²) in [6.07, 6.45) is 0. The molecule has 0 bridgehead atoms. The lowest BCUT2D eigenvalue weighted by Crippen LogP contribution is -2.21. The molecular weight excluding hydrogens is 432 g/mol. The van der Waals surface area contributed by atoms with Crippen molar-refractivity contribution in [3.05, 3.63) is 77.8 Å². The standard InChI is InChI=1S/C23H21ClN4O2S/c24-16-9-11-17(12-10-16)31-21-8-4-2-6-19(21)26-22(30)15-28-20-7-3-1-5-18(20)27-23(28)25-13-14-29/h1-12,29H,13-15H2,(H,25,27)(H,26,30). The summed E-state index contributed by atoms with van der Waals surface area (Å²) in [5, 5.41) is 15.9. The highest BCUT2D eigenvalue weighted by Gasteiger charge is 2.15. The number of carbonyl (C=O) groups excluding carboxylic acids is 1. The van der Waals surface area contributed by atoms with Crippen molar-refractivity contribution in [3.63, 3.8) is 0 Å². The summed E-state index contributed by atoms with van der Waals surface area (Å²) in [7, 11) is 0. The van der Waals surface area contributed by atoms with Gasteiger partial charge in [0, 0.05) is 21.4 Å². The van der Waals surface area contributed by atoms with E-state index >= 15 is 0 Å². The minimum absolute atomic E-state index is 0.0231. The maximum Gasteiger partial charge on any atom is 0.244 e. The van der Waals surface area contributed by atoms with E-state index < -0.39 is 0 Å². The molecule has 3 N–H and O–H groups in total. The Bertz CT molecular complexity index is 1190. The van der Waals surface area contributed by atoms with E-state index in [1.807, 2.05) is 77.4 Å². The summed E-state index contributed by atoms with van der Waals surface area (Å²) in [4.78, 5) is 19.4. The molecule has 1 amide bonds. The van der Waals surface area contributed by atoms with Gasteiger partial charge in [0.25, 0.3) is 0 Å². The Kier molecular flexibility index (Phi) is 6.76. The van der Waals surface area contributed by atoms with Crippen LogP contribution in [-0.2, 0) is 11.3 Å². The molecular formula is C23H21ClN4O2S. The molecule has 4 rings (SSSR count). The highest BCUT2D eigenvalue weighted by Crippen LogP contribution is 2.34. The zero-order valence-corrected chi connectivity index (χ0v) is 18.2. The molecule has 8 heteroatoms. The van der Waals surface area contributed by atoms with Crippen molar-refractivity contribution in [2.75, 3.05) is 23.8 Å². The van der Waals surface area contributed by atoms with Gasteiger partial charge in [0.2, 0.25) is 11.9 Å². The predicted octanol–water partition coefficient (Wildman–Crippen LogP) is 4.88. The molecule has 0 fully saturated rings. The van der Waals surface area contributed by atoms with Crippen LogP contribution in [-0.4, -0.2) is 33.7 Å². The number of amides is 1. The first kappa shape index (κ1) is 21.2. The van der Waals surface area contributed by atoms with E-state index in [9.17, 15) is 4.79 Å². The Labute approximate surface area is 189 Å². The third-order valence-corrected chi connectivity index (χ3v) is 5.89. The van der Waals surface area contributed by atoms with Crippen LogP contribution in [0.25, 0.3) is 11.0 Å². The number of benzene rings is 3. The average molecular weight is 453 g/mol. The third-order valence-electron chi connectivity index (χ3n) is 4.55. The van der Waals surface area contributed by atoms with Gasteiger partial charge in [0.15, 0.2) is 0 Å². The fraction of sp³-hybridized carbons (Fsp3) is 0.130. The van der Waals surface area contributed by atoms with Gasteiger partial charge in [-0.05, 0) is 48.5 Å². The molecule has 0 saturated carbocycles. The summed E-state index contributed by atoms with van der Waals surface area (Å²) in [6.45, 7) is 0.421. The van der Waals surface area contributed by atoms with Crippen molar-refractivity contribution in [1.82, 2.24) is 9.55 Å². The van der Waals surface area contributed by atoms with Crippen molar-refractivity contribution in [2.24, 2.45) is 0 Å². The molecule has 158 valence electrons.